The first-order valence-corrected chi connectivity index (χ1v) is 8.14. The summed E-state index contributed by atoms with van der Waals surface area (Å²) in [5, 5.41) is 10.3. The molecule has 0 aliphatic carbocycles. The van der Waals surface area contributed by atoms with Crippen LogP contribution in [0.25, 0.3) is 22.0 Å². The zero-order valence-electron chi connectivity index (χ0n) is 14.8. The van der Waals surface area contributed by atoms with Crippen LogP contribution in [0.4, 0.5) is 0 Å². The van der Waals surface area contributed by atoms with Crippen LogP contribution in [-0.4, -0.2) is 15.5 Å². The van der Waals surface area contributed by atoms with Crippen molar-refractivity contribution in [1.29, 1.82) is 5.26 Å². The van der Waals surface area contributed by atoms with Gasteiger partial charge in [0.15, 0.2) is 0 Å². The van der Waals surface area contributed by atoms with Crippen molar-refractivity contribution in [2.45, 2.75) is 26.7 Å². The molecule has 2 aromatic heterocycles. The van der Waals surface area contributed by atoms with Crippen LogP contribution in [0.3, 0.4) is 0 Å². The van der Waals surface area contributed by atoms with E-state index in [9.17, 15) is 10.1 Å². The Hall–Kier alpha value is -3.13. The lowest BCUT2D eigenvalue weighted by molar-refractivity contribution is 0.0992. The van der Waals surface area contributed by atoms with Crippen LogP contribution in [0, 0.1) is 18.3 Å². The van der Waals surface area contributed by atoms with Crippen molar-refractivity contribution < 1.29 is 4.79 Å². The molecule has 0 fully saturated rings. The van der Waals surface area contributed by atoms with Crippen molar-refractivity contribution in [2.24, 2.45) is 12.8 Å². The Morgan fingerprint density at radius 2 is 2.04 bits per heavy atom. The Labute approximate surface area is 146 Å². The van der Waals surface area contributed by atoms with Gasteiger partial charge in [-0.3, -0.25) is 9.78 Å². The van der Waals surface area contributed by atoms with E-state index in [0.29, 0.717) is 17.2 Å². The maximum Gasteiger partial charge on any atom is 0.265 e. The van der Waals surface area contributed by atoms with Crippen molar-refractivity contribution in [3.63, 3.8) is 0 Å². The molecule has 0 spiro atoms. The summed E-state index contributed by atoms with van der Waals surface area (Å²) < 4.78 is 1.81. The number of hydrogen-bond donors (Lipinski definition) is 1. The predicted molar refractivity (Wildman–Crippen MR) is 98.2 cm³/mol. The summed E-state index contributed by atoms with van der Waals surface area (Å²) in [6, 6.07) is 9.83. The van der Waals surface area contributed by atoms with Gasteiger partial charge in [-0.2, -0.15) is 5.26 Å². The zero-order chi connectivity index (χ0) is 18.3. The van der Waals surface area contributed by atoms with Crippen LogP contribution in [0.5, 0.6) is 0 Å². The Balaban J connectivity index is 2.36. The molecule has 5 nitrogen and oxygen atoms in total. The number of hydrogen-bond acceptors (Lipinski definition) is 3. The van der Waals surface area contributed by atoms with E-state index in [1.807, 2.05) is 38.4 Å². The van der Waals surface area contributed by atoms with E-state index in [-0.39, 0.29) is 0 Å². The fraction of sp³-hybridized carbons (Fsp3) is 0.250. The van der Waals surface area contributed by atoms with Crippen molar-refractivity contribution in [3.05, 3.63) is 53.0 Å². The number of benzene rings is 1. The van der Waals surface area contributed by atoms with Gasteiger partial charge in [-0.1, -0.05) is 19.9 Å². The largest absolute Gasteiger partial charge is 0.364 e. The third-order valence-corrected chi connectivity index (χ3v) is 4.59. The first kappa shape index (κ1) is 16.7. The van der Waals surface area contributed by atoms with E-state index in [2.05, 4.69) is 24.9 Å². The van der Waals surface area contributed by atoms with Gasteiger partial charge in [0.05, 0.1) is 17.1 Å². The van der Waals surface area contributed by atoms with Gasteiger partial charge in [0.1, 0.15) is 5.69 Å². The summed E-state index contributed by atoms with van der Waals surface area (Å²) in [5.41, 5.74) is 11.0. The molecule has 1 aromatic carbocycles. The number of primary amides is 1. The maximum absolute atomic E-state index is 11.9. The number of nitriles is 1. The summed E-state index contributed by atoms with van der Waals surface area (Å²) in [5.74, 6) is -0.132. The predicted octanol–water partition coefficient (Wildman–Crippen LogP) is 3.64. The molecule has 0 radical (unpaired) electrons. The van der Waals surface area contributed by atoms with Gasteiger partial charge in [0.2, 0.25) is 0 Å². The number of pyridine rings is 1. The fourth-order valence-electron chi connectivity index (χ4n) is 3.31. The van der Waals surface area contributed by atoms with Crippen LogP contribution in [0.15, 0.2) is 30.5 Å². The second-order valence-electron chi connectivity index (χ2n) is 6.56. The minimum absolute atomic E-state index is 0.346. The number of carbonyl (C=O) groups excluding carboxylic acids is 1. The smallest absolute Gasteiger partial charge is 0.265 e. The molecule has 25 heavy (non-hydrogen) atoms. The molecule has 3 aromatic rings. The minimum Gasteiger partial charge on any atom is -0.364 e. The van der Waals surface area contributed by atoms with Gasteiger partial charge in [0.25, 0.3) is 5.91 Å². The highest BCUT2D eigenvalue weighted by atomic mass is 16.1. The Morgan fingerprint density at radius 3 is 2.56 bits per heavy atom. The number of amides is 1. The normalized spacial score (nSPS) is 11.0. The number of rotatable bonds is 3. The van der Waals surface area contributed by atoms with E-state index >= 15 is 0 Å². The van der Waals surface area contributed by atoms with E-state index in [0.717, 1.165) is 33.3 Å². The maximum atomic E-state index is 11.9. The van der Waals surface area contributed by atoms with E-state index < -0.39 is 5.91 Å². The summed E-state index contributed by atoms with van der Waals surface area (Å²) in [6.07, 6.45) is 1.82. The lowest BCUT2D eigenvalue weighted by Crippen LogP contribution is -2.16. The molecular formula is C20H20N4O. The van der Waals surface area contributed by atoms with E-state index in [1.165, 1.54) is 0 Å². The quantitative estimate of drug-likeness (QED) is 0.794. The highest BCUT2D eigenvalue weighted by molar-refractivity contribution is 6.05. The lowest BCUT2D eigenvalue weighted by atomic mass is 9.99. The third kappa shape index (κ3) is 2.66. The molecule has 0 saturated carbocycles. The molecule has 0 aliphatic heterocycles. The molecule has 0 atom stereocenters. The number of carbonyl (C=O) groups is 1. The SMILES string of the molecule is Cc1c(C(N)=O)n(C)c2c(-c3ccc(C(C)C)nc3)cc(C#N)cc12. The van der Waals surface area contributed by atoms with Crippen LogP contribution >= 0.6 is 0 Å². The molecule has 1 amide bonds. The van der Waals surface area contributed by atoms with Gasteiger partial charge in [0, 0.05) is 35.5 Å². The topological polar surface area (TPSA) is 84.7 Å². The lowest BCUT2D eigenvalue weighted by Gasteiger charge is -2.10. The number of nitrogens with two attached hydrogens (primary N) is 1. The molecular weight excluding hydrogens is 312 g/mol. The van der Waals surface area contributed by atoms with Gasteiger partial charge < -0.3 is 10.3 Å². The summed E-state index contributed by atoms with van der Waals surface area (Å²) in [6.45, 7) is 6.04. The molecule has 2 N–H and O–H groups in total. The third-order valence-electron chi connectivity index (χ3n) is 4.59. The molecule has 0 bridgehead atoms. The van der Waals surface area contributed by atoms with Crippen LogP contribution in [0.2, 0.25) is 0 Å². The fourth-order valence-corrected chi connectivity index (χ4v) is 3.31. The van der Waals surface area contributed by atoms with Gasteiger partial charge in [-0.05, 0) is 36.6 Å². The van der Waals surface area contributed by atoms with Crippen LogP contribution in [0.1, 0.15) is 47.1 Å². The first-order valence-electron chi connectivity index (χ1n) is 8.14. The monoisotopic (exact) mass is 332 g/mol. The van der Waals surface area contributed by atoms with Crippen molar-refractivity contribution in [3.8, 4) is 17.2 Å². The van der Waals surface area contributed by atoms with Crippen molar-refractivity contribution >= 4 is 16.8 Å². The number of aromatic nitrogens is 2. The zero-order valence-corrected chi connectivity index (χ0v) is 14.8. The highest BCUT2D eigenvalue weighted by Gasteiger charge is 2.20. The van der Waals surface area contributed by atoms with E-state index in [1.54, 1.807) is 10.6 Å². The summed E-state index contributed by atoms with van der Waals surface area (Å²) in [7, 11) is 1.82. The standard InChI is InChI=1S/C20H20N4O/c1-11(2)17-6-5-14(10-23-17)16-8-13(9-21)7-15-12(3)18(20(22)25)24(4)19(15)16/h5-8,10-11H,1-4H3,(H2,22,25). The minimum atomic E-state index is -0.478. The molecule has 2 heterocycles. The highest BCUT2D eigenvalue weighted by Crippen LogP contribution is 2.34. The molecule has 0 aliphatic rings. The molecule has 0 unspecified atom stereocenters. The number of fused-ring (bicyclic) bond motifs is 1. The Bertz CT molecular complexity index is 1020. The number of aryl methyl sites for hydroxylation is 2. The van der Waals surface area contributed by atoms with Gasteiger partial charge in [-0.15, -0.1) is 0 Å². The average molecular weight is 332 g/mol. The molecule has 0 saturated heterocycles. The molecule has 126 valence electrons. The van der Waals surface area contributed by atoms with Crippen molar-refractivity contribution in [1.82, 2.24) is 9.55 Å². The molecule has 3 rings (SSSR count). The number of nitrogens with zero attached hydrogens (tertiary/aromatic N) is 3. The average Bonchev–Trinajstić information content (AvgIpc) is 2.85. The first-order chi connectivity index (χ1) is 11.8. The Kier molecular flexibility index (Phi) is 4.05. The van der Waals surface area contributed by atoms with Crippen LogP contribution < -0.4 is 5.73 Å². The molecule has 5 heteroatoms. The van der Waals surface area contributed by atoms with Crippen LogP contribution in [-0.2, 0) is 7.05 Å². The summed E-state index contributed by atoms with van der Waals surface area (Å²) in [4.78, 5) is 16.4. The second-order valence-corrected chi connectivity index (χ2v) is 6.56. The van der Waals surface area contributed by atoms with Gasteiger partial charge >= 0.3 is 0 Å². The van der Waals surface area contributed by atoms with Gasteiger partial charge in [-0.25, -0.2) is 0 Å². The van der Waals surface area contributed by atoms with Crippen molar-refractivity contribution in [2.75, 3.05) is 0 Å². The van der Waals surface area contributed by atoms with E-state index in [4.69, 9.17) is 5.73 Å². The Morgan fingerprint density at radius 1 is 1.32 bits per heavy atom. The second kappa shape index (κ2) is 6.06. The summed E-state index contributed by atoms with van der Waals surface area (Å²) >= 11 is 0.